The molecule has 8 nitrogen and oxygen atoms in total. The molecule has 4 aromatic rings. The highest BCUT2D eigenvalue weighted by atomic mass is 32.2. The van der Waals surface area contributed by atoms with Crippen molar-refractivity contribution >= 4 is 34.1 Å². The number of thiazole rings is 1. The summed E-state index contributed by atoms with van der Waals surface area (Å²) >= 11 is 2.74. The molecule has 2 aromatic heterocycles. The van der Waals surface area contributed by atoms with Gasteiger partial charge in [0.05, 0.1) is 25.7 Å². The second-order valence-electron chi connectivity index (χ2n) is 6.86. The van der Waals surface area contributed by atoms with Crippen LogP contribution in [0.1, 0.15) is 6.92 Å². The number of hydrogen-bond acceptors (Lipinski definition) is 8. The lowest BCUT2D eigenvalue weighted by atomic mass is 10.2. The highest BCUT2D eigenvalue weighted by Crippen LogP contribution is 2.33. The zero-order valence-corrected chi connectivity index (χ0v) is 20.1. The molecule has 0 fully saturated rings. The van der Waals surface area contributed by atoms with Crippen molar-refractivity contribution in [3.63, 3.8) is 0 Å². The topological polar surface area (TPSA) is 91.2 Å². The molecule has 0 saturated heterocycles. The zero-order chi connectivity index (χ0) is 23.2. The van der Waals surface area contributed by atoms with Gasteiger partial charge in [0, 0.05) is 23.1 Å². The molecular formula is C23H23N5O3S2. The van der Waals surface area contributed by atoms with Gasteiger partial charge in [-0.2, -0.15) is 0 Å². The standard InChI is InChI=1S/C23H23N5O3S2/c1-4-28-21(16-10-11-18(30-2)19(12-16)31-3)26-27-23(28)33-14-20(29)25-22-24-17(13-32-22)15-8-6-5-7-9-15/h5-13H,4,14H2,1-3H3,(H,24,25,29). The Balaban J connectivity index is 1.42. The summed E-state index contributed by atoms with van der Waals surface area (Å²) in [5.41, 5.74) is 2.71. The summed E-state index contributed by atoms with van der Waals surface area (Å²) in [5, 5.41) is 14.7. The van der Waals surface area contributed by atoms with Gasteiger partial charge < -0.3 is 19.4 Å². The summed E-state index contributed by atoms with van der Waals surface area (Å²) < 4.78 is 12.7. The Morgan fingerprint density at radius 1 is 1.06 bits per heavy atom. The minimum absolute atomic E-state index is 0.146. The first-order valence-electron chi connectivity index (χ1n) is 10.2. The summed E-state index contributed by atoms with van der Waals surface area (Å²) in [6.45, 7) is 2.67. The van der Waals surface area contributed by atoms with Crippen LogP contribution in [0.5, 0.6) is 11.5 Å². The lowest BCUT2D eigenvalue weighted by molar-refractivity contribution is -0.113. The molecule has 1 N–H and O–H groups in total. The number of hydrogen-bond donors (Lipinski definition) is 1. The summed E-state index contributed by atoms with van der Waals surface area (Å²) in [7, 11) is 3.19. The van der Waals surface area contributed by atoms with Crippen molar-refractivity contribution in [1.82, 2.24) is 19.7 Å². The van der Waals surface area contributed by atoms with E-state index in [-0.39, 0.29) is 11.7 Å². The van der Waals surface area contributed by atoms with Gasteiger partial charge in [-0.15, -0.1) is 21.5 Å². The number of carbonyl (C=O) groups is 1. The van der Waals surface area contributed by atoms with Crippen molar-refractivity contribution in [2.75, 3.05) is 25.3 Å². The van der Waals surface area contributed by atoms with Crippen molar-refractivity contribution in [1.29, 1.82) is 0 Å². The minimum Gasteiger partial charge on any atom is -0.493 e. The number of rotatable bonds is 9. The highest BCUT2D eigenvalue weighted by molar-refractivity contribution is 7.99. The van der Waals surface area contributed by atoms with Gasteiger partial charge in [-0.25, -0.2) is 4.98 Å². The predicted octanol–water partition coefficient (Wildman–Crippen LogP) is 4.84. The number of carbonyl (C=O) groups excluding carboxylic acids is 1. The molecule has 4 rings (SSSR count). The first-order chi connectivity index (χ1) is 16.1. The number of nitrogens with one attached hydrogen (secondary N) is 1. The summed E-state index contributed by atoms with van der Waals surface area (Å²) in [4.78, 5) is 17.0. The summed E-state index contributed by atoms with van der Waals surface area (Å²) in [6.07, 6.45) is 0. The molecule has 0 saturated carbocycles. The maximum Gasteiger partial charge on any atom is 0.236 e. The van der Waals surface area contributed by atoms with E-state index in [1.807, 2.05) is 65.4 Å². The Kier molecular flexibility index (Phi) is 7.26. The van der Waals surface area contributed by atoms with Crippen LogP contribution >= 0.6 is 23.1 Å². The number of ether oxygens (including phenoxy) is 2. The third kappa shape index (κ3) is 5.18. The molecule has 0 spiro atoms. The van der Waals surface area contributed by atoms with Gasteiger partial charge in [0.15, 0.2) is 27.6 Å². The second kappa shape index (κ2) is 10.5. The van der Waals surface area contributed by atoms with Crippen molar-refractivity contribution in [2.24, 2.45) is 0 Å². The number of methoxy groups -OCH3 is 2. The maximum absolute atomic E-state index is 12.5. The van der Waals surface area contributed by atoms with Crippen LogP contribution in [0.3, 0.4) is 0 Å². The van der Waals surface area contributed by atoms with Crippen molar-refractivity contribution in [3.05, 3.63) is 53.9 Å². The Labute approximate surface area is 200 Å². The SMILES string of the molecule is CCn1c(SCC(=O)Nc2nc(-c3ccccc3)cs2)nnc1-c1ccc(OC)c(OC)c1. The quantitative estimate of drug-likeness (QED) is 0.342. The van der Waals surface area contributed by atoms with Gasteiger partial charge >= 0.3 is 0 Å². The minimum atomic E-state index is -0.146. The number of nitrogens with zero attached hydrogens (tertiary/aromatic N) is 4. The molecule has 1 amide bonds. The average molecular weight is 482 g/mol. The first kappa shape index (κ1) is 22.8. The Morgan fingerprint density at radius 3 is 2.58 bits per heavy atom. The fourth-order valence-corrected chi connectivity index (χ4v) is 4.77. The second-order valence-corrected chi connectivity index (χ2v) is 8.66. The maximum atomic E-state index is 12.5. The number of amides is 1. The van der Waals surface area contributed by atoms with Crippen molar-refractivity contribution in [3.8, 4) is 34.1 Å². The Hall–Kier alpha value is -3.37. The Bertz CT molecular complexity index is 1240. The van der Waals surface area contributed by atoms with Crippen LogP contribution in [0, 0.1) is 0 Å². The van der Waals surface area contributed by atoms with E-state index in [1.54, 1.807) is 14.2 Å². The highest BCUT2D eigenvalue weighted by Gasteiger charge is 2.17. The monoisotopic (exact) mass is 481 g/mol. The average Bonchev–Trinajstić information content (AvgIpc) is 3.49. The number of aromatic nitrogens is 4. The Morgan fingerprint density at radius 2 is 1.85 bits per heavy atom. The molecule has 0 radical (unpaired) electrons. The number of anilines is 1. The van der Waals surface area contributed by atoms with Crippen LogP contribution in [0.2, 0.25) is 0 Å². The molecule has 0 unspecified atom stereocenters. The van der Waals surface area contributed by atoms with Crippen molar-refractivity contribution in [2.45, 2.75) is 18.6 Å². The van der Waals surface area contributed by atoms with Crippen LogP contribution in [0.15, 0.2) is 59.1 Å². The van der Waals surface area contributed by atoms with E-state index in [4.69, 9.17) is 9.47 Å². The van der Waals surface area contributed by atoms with Gasteiger partial charge in [0.1, 0.15) is 0 Å². The third-order valence-electron chi connectivity index (χ3n) is 4.83. The normalized spacial score (nSPS) is 10.8. The van der Waals surface area contributed by atoms with E-state index in [0.717, 1.165) is 16.8 Å². The third-order valence-corrected chi connectivity index (χ3v) is 6.55. The largest absolute Gasteiger partial charge is 0.493 e. The molecular weight excluding hydrogens is 458 g/mol. The molecule has 0 aliphatic rings. The zero-order valence-electron chi connectivity index (χ0n) is 18.4. The molecule has 2 aromatic carbocycles. The smallest absolute Gasteiger partial charge is 0.236 e. The van der Waals surface area contributed by atoms with Gasteiger partial charge in [0.25, 0.3) is 0 Å². The van der Waals surface area contributed by atoms with Gasteiger partial charge in [0.2, 0.25) is 5.91 Å². The molecule has 33 heavy (non-hydrogen) atoms. The van der Waals surface area contributed by atoms with E-state index in [2.05, 4.69) is 20.5 Å². The molecule has 170 valence electrons. The molecule has 0 aliphatic carbocycles. The molecule has 10 heteroatoms. The van der Waals surface area contributed by atoms with E-state index in [0.29, 0.717) is 34.2 Å². The van der Waals surface area contributed by atoms with E-state index in [1.165, 1.54) is 23.1 Å². The lowest BCUT2D eigenvalue weighted by Gasteiger charge is -2.10. The van der Waals surface area contributed by atoms with Crippen LogP contribution in [-0.2, 0) is 11.3 Å². The van der Waals surface area contributed by atoms with Gasteiger partial charge in [-0.1, -0.05) is 42.1 Å². The van der Waals surface area contributed by atoms with Crippen molar-refractivity contribution < 1.29 is 14.3 Å². The van der Waals surface area contributed by atoms with Crippen LogP contribution in [0.4, 0.5) is 5.13 Å². The predicted molar refractivity (Wildman–Crippen MR) is 131 cm³/mol. The van der Waals surface area contributed by atoms with E-state index in [9.17, 15) is 4.79 Å². The van der Waals surface area contributed by atoms with E-state index < -0.39 is 0 Å². The summed E-state index contributed by atoms with van der Waals surface area (Å²) in [5.74, 6) is 2.02. The number of thioether (sulfide) groups is 1. The molecule has 0 aliphatic heterocycles. The molecule has 2 heterocycles. The fraction of sp³-hybridized carbons (Fsp3) is 0.217. The number of benzene rings is 2. The first-order valence-corrected chi connectivity index (χ1v) is 12.1. The fourth-order valence-electron chi connectivity index (χ4n) is 3.23. The lowest BCUT2D eigenvalue weighted by Crippen LogP contribution is -2.14. The van der Waals surface area contributed by atoms with Gasteiger partial charge in [-0.05, 0) is 25.1 Å². The summed E-state index contributed by atoms with van der Waals surface area (Å²) in [6, 6.07) is 15.5. The molecule has 0 bridgehead atoms. The van der Waals surface area contributed by atoms with Gasteiger partial charge in [-0.3, -0.25) is 4.79 Å². The molecule has 0 atom stereocenters. The van der Waals surface area contributed by atoms with E-state index >= 15 is 0 Å². The van der Waals surface area contributed by atoms with Crippen LogP contribution in [-0.4, -0.2) is 45.6 Å². The van der Waals surface area contributed by atoms with Crippen LogP contribution < -0.4 is 14.8 Å². The van der Waals surface area contributed by atoms with Crippen LogP contribution in [0.25, 0.3) is 22.6 Å².